The van der Waals surface area contributed by atoms with Crippen molar-refractivity contribution < 1.29 is 9.59 Å². The standard InChI is InChI=1S/C19H26N2O2/c1-12-7-9-15(10-8-12)21-18(22)11-17(19(21)23)20-16-6-4-5-13(2)14(16)3/h7-10,13-14,16-17,20H,4-6,11H2,1-3H3/t13-,14-,16-,17+/m1/s1. The third kappa shape index (κ3) is 3.18. The van der Waals surface area contributed by atoms with Gasteiger partial charge in [-0.05, 0) is 37.3 Å². The first-order chi connectivity index (χ1) is 11.0. The highest BCUT2D eigenvalue weighted by molar-refractivity contribution is 6.22. The van der Waals surface area contributed by atoms with Gasteiger partial charge in [0, 0.05) is 6.04 Å². The Morgan fingerprint density at radius 1 is 1.09 bits per heavy atom. The van der Waals surface area contributed by atoms with E-state index in [0.29, 0.717) is 23.6 Å². The first kappa shape index (κ1) is 16.2. The molecule has 1 aromatic carbocycles. The zero-order valence-corrected chi connectivity index (χ0v) is 14.2. The van der Waals surface area contributed by atoms with Gasteiger partial charge in [-0.25, -0.2) is 4.90 Å². The molecule has 1 saturated heterocycles. The number of benzene rings is 1. The lowest BCUT2D eigenvalue weighted by atomic mass is 9.78. The molecule has 4 atom stereocenters. The van der Waals surface area contributed by atoms with Crippen LogP contribution in [0, 0.1) is 18.8 Å². The topological polar surface area (TPSA) is 49.4 Å². The summed E-state index contributed by atoms with van der Waals surface area (Å²) in [5, 5.41) is 3.48. The van der Waals surface area contributed by atoms with Gasteiger partial charge in [0.2, 0.25) is 5.91 Å². The van der Waals surface area contributed by atoms with Crippen LogP contribution in [0.1, 0.15) is 45.1 Å². The maximum Gasteiger partial charge on any atom is 0.251 e. The molecule has 0 aromatic heterocycles. The van der Waals surface area contributed by atoms with E-state index < -0.39 is 0 Å². The van der Waals surface area contributed by atoms with Crippen molar-refractivity contribution in [3.8, 4) is 0 Å². The molecule has 0 unspecified atom stereocenters. The predicted octanol–water partition coefficient (Wildman–Crippen LogP) is 3.04. The van der Waals surface area contributed by atoms with Gasteiger partial charge in [0.15, 0.2) is 0 Å². The SMILES string of the molecule is Cc1ccc(N2C(=O)C[C@H](N[C@@H]3CCC[C@@H](C)[C@H]3C)C2=O)cc1. The number of carbonyl (C=O) groups excluding carboxylic acids is 2. The van der Waals surface area contributed by atoms with Crippen LogP contribution in [-0.2, 0) is 9.59 Å². The maximum absolute atomic E-state index is 12.7. The van der Waals surface area contributed by atoms with Crippen LogP contribution in [-0.4, -0.2) is 23.9 Å². The van der Waals surface area contributed by atoms with E-state index in [4.69, 9.17) is 0 Å². The maximum atomic E-state index is 12.7. The molecule has 1 aliphatic carbocycles. The Morgan fingerprint density at radius 2 is 1.78 bits per heavy atom. The van der Waals surface area contributed by atoms with Gasteiger partial charge in [-0.2, -0.15) is 0 Å². The third-order valence-electron chi connectivity index (χ3n) is 5.56. The van der Waals surface area contributed by atoms with Gasteiger partial charge in [-0.15, -0.1) is 0 Å². The molecular formula is C19H26N2O2. The second-order valence-electron chi connectivity index (χ2n) is 7.20. The largest absolute Gasteiger partial charge is 0.302 e. The van der Waals surface area contributed by atoms with Crippen molar-refractivity contribution >= 4 is 17.5 Å². The van der Waals surface area contributed by atoms with Crippen LogP contribution in [0.2, 0.25) is 0 Å². The Hall–Kier alpha value is -1.68. The zero-order valence-electron chi connectivity index (χ0n) is 14.2. The number of hydrogen-bond acceptors (Lipinski definition) is 3. The van der Waals surface area contributed by atoms with Gasteiger partial charge < -0.3 is 5.32 Å². The minimum absolute atomic E-state index is 0.104. The fourth-order valence-electron chi connectivity index (χ4n) is 3.80. The fraction of sp³-hybridized carbons (Fsp3) is 0.579. The minimum Gasteiger partial charge on any atom is -0.302 e. The summed E-state index contributed by atoms with van der Waals surface area (Å²) in [5.41, 5.74) is 1.80. The molecule has 1 heterocycles. The molecule has 0 spiro atoms. The molecule has 2 aliphatic rings. The van der Waals surface area contributed by atoms with E-state index in [1.165, 1.54) is 17.7 Å². The van der Waals surface area contributed by atoms with Gasteiger partial charge in [0.25, 0.3) is 5.91 Å². The van der Waals surface area contributed by atoms with Gasteiger partial charge in [0.05, 0.1) is 18.2 Å². The molecule has 4 nitrogen and oxygen atoms in total. The normalized spacial score (nSPS) is 31.7. The van der Waals surface area contributed by atoms with Gasteiger partial charge in [-0.3, -0.25) is 9.59 Å². The van der Waals surface area contributed by atoms with Gasteiger partial charge in [0.1, 0.15) is 0 Å². The Labute approximate surface area is 138 Å². The number of amides is 2. The van der Waals surface area contributed by atoms with Crippen molar-refractivity contribution in [1.29, 1.82) is 0 Å². The van der Waals surface area contributed by atoms with Crippen LogP contribution in [0.4, 0.5) is 5.69 Å². The van der Waals surface area contributed by atoms with Crippen LogP contribution in [0.5, 0.6) is 0 Å². The number of anilines is 1. The molecule has 23 heavy (non-hydrogen) atoms. The van der Waals surface area contributed by atoms with E-state index in [1.54, 1.807) is 0 Å². The summed E-state index contributed by atoms with van der Waals surface area (Å²) in [6.07, 6.45) is 3.81. The number of nitrogens with one attached hydrogen (secondary N) is 1. The molecule has 4 heteroatoms. The molecule has 1 aromatic rings. The Morgan fingerprint density at radius 3 is 2.48 bits per heavy atom. The lowest BCUT2D eigenvalue weighted by Gasteiger charge is -2.36. The Kier molecular flexibility index (Phi) is 4.53. The zero-order chi connectivity index (χ0) is 16.6. The van der Waals surface area contributed by atoms with E-state index in [1.807, 2.05) is 31.2 Å². The Bertz CT molecular complexity index is 596. The summed E-state index contributed by atoms with van der Waals surface area (Å²) in [6, 6.07) is 7.51. The number of carbonyl (C=O) groups is 2. The van der Waals surface area contributed by atoms with Crippen molar-refractivity contribution in [3.63, 3.8) is 0 Å². The second kappa shape index (κ2) is 6.44. The van der Waals surface area contributed by atoms with Gasteiger partial charge in [-0.1, -0.05) is 44.4 Å². The molecule has 124 valence electrons. The average Bonchev–Trinajstić information content (AvgIpc) is 2.79. The first-order valence-corrected chi connectivity index (χ1v) is 8.67. The monoisotopic (exact) mass is 314 g/mol. The second-order valence-corrected chi connectivity index (χ2v) is 7.20. The molecule has 1 aliphatic heterocycles. The van der Waals surface area contributed by atoms with Crippen molar-refractivity contribution in [1.82, 2.24) is 5.32 Å². The molecule has 1 saturated carbocycles. The van der Waals surface area contributed by atoms with Crippen LogP contribution in [0.15, 0.2) is 24.3 Å². The predicted molar refractivity (Wildman–Crippen MR) is 91.2 cm³/mol. The van der Waals surface area contributed by atoms with Crippen LogP contribution in [0.25, 0.3) is 0 Å². The van der Waals surface area contributed by atoms with Crippen LogP contribution in [0.3, 0.4) is 0 Å². The number of rotatable bonds is 3. The molecular weight excluding hydrogens is 288 g/mol. The number of imide groups is 1. The van der Waals surface area contributed by atoms with Crippen LogP contribution < -0.4 is 10.2 Å². The van der Waals surface area contributed by atoms with Gasteiger partial charge >= 0.3 is 0 Å². The summed E-state index contributed by atoms with van der Waals surface area (Å²) < 4.78 is 0. The quantitative estimate of drug-likeness (QED) is 0.873. The smallest absolute Gasteiger partial charge is 0.251 e. The number of nitrogens with zero attached hydrogens (tertiary/aromatic N) is 1. The molecule has 3 rings (SSSR count). The van der Waals surface area contributed by atoms with Crippen LogP contribution >= 0.6 is 0 Å². The summed E-state index contributed by atoms with van der Waals surface area (Å²) in [6.45, 7) is 6.52. The van der Waals surface area contributed by atoms with Crippen molar-refractivity contribution in [2.45, 2.75) is 58.5 Å². The average molecular weight is 314 g/mol. The van der Waals surface area contributed by atoms with E-state index in [2.05, 4.69) is 19.2 Å². The summed E-state index contributed by atoms with van der Waals surface area (Å²) in [4.78, 5) is 26.4. The lowest BCUT2D eigenvalue weighted by Crippen LogP contribution is -2.48. The van der Waals surface area contributed by atoms with Crippen molar-refractivity contribution in [2.24, 2.45) is 11.8 Å². The first-order valence-electron chi connectivity index (χ1n) is 8.67. The molecule has 2 fully saturated rings. The summed E-state index contributed by atoms with van der Waals surface area (Å²) in [7, 11) is 0. The van der Waals surface area contributed by atoms with E-state index in [0.717, 1.165) is 12.0 Å². The number of aryl methyl sites for hydroxylation is 1. The Balaban J connectivity index is 1.72. The highest BCUT2D eigenvalue weighted by Gasteiger charge is 2.41. The summed E-state index contributed by atoms with van der Waals surface area (Å²) in [5.74, 6) is 0.999. The van der Waals surface area contributed by atoms with Crippen molar-refractivity contribution in [3.05, 3.63) is 29.8 Å². The highest BCUT2D eigenvalue weighted by Crippen LogP contribution is 2.31. The van der Waals surface area contributed by atoms with Crippen molar-refractivity contribution in [2.75, 3.05) is 4.90 Å². The third-order valence-corrected chi connectivity index (χ3v) is 5.56. The fourth-order valence-corrected chi connectivity index (χ4v) is 3.80. The summed E-state index contributed by atoms with van der Waals surface area (Å²) >= 11 is 0. The molecule has 0 radical (unpaired) electrons. The van der Waals surface area contributed by atoms with E-state index >= 15 is 0 Å². The highest BCUT2D eigenvalue weighted by atomic mass is 16.2. The van der Waals surface area contributed by atoms with E-state index in [-0.39, 0.29) is 24.3 Å². The molecule has 1 N–H and O–H groups in total. The van der Waals surface area contributed by atoms with E-state index in [9.17, 15) is 9.59 Å². The minimum atomic E-state index is -0.374. The molecule has 2 amide bonds. The lowest BCUT2D eigenvalue weighted by molar-refractivity contribution is -0.121. The molecule has 0 bridgehead atoms. The number of hydrogen-bond donors (Lipinski definition) is 1.